The van der Waals surface area contributed by atoms with Crippen molar-refractivity contribution in [3.63, 3.8) is 0 Å². The van der Waals surface area contributed by atoms with E-state index in [1.807, 2.05) is 0 Å². The number of nitrogens with one attached hydrogen (secondary N) is 1. The van der Waals surface area contributed by atoms with Crippen LogP contribution in [-0.4, -0.2) is 37.8 Å². The van der Waals surface area contributed by atoms with Gasteiger partial charge in [0.25, 0.3) is 5.91 Å². The van der Waals surface area contributed by atoms with Crippen LogP contribution in [0.2, 0.25) is 5.02 Å². The number of amides is 1. The zero-order chi connectivity index (χ0) is 19.4. The lowest BCUT2D eigenvalue weighted by Gasteiger charge is -2.17. The Bertz CT molecular complexity index is 892. The average molecular weight is 409 g/mol. The number of hydrogen-bond donors (Lipinski definition) is 1. The molecule has 1 aliphatic rings. The molecular weight excluding hydrogens is 388 g/mol. The Morgan fingerprint density at radius 2 is 1.67 bits per heavy atom. The molecule has 3 rings (SSSR count). The number of nitrogens with zero attached hydrogens (tertiary/aromatic N) is 1. The molecule has 2 aromatic rings. The van der Waals surface area contributed by atoms with Gasteiger partial charge in [-0.2, -0.15) is 4.31 Å². The molecule has 1 aliphatic heterocycles. The topological polar surface area (TPSA) is 75.7 Å². The Labute approximate surface area is 164 Å². The predicted octanol–water partition coefficient (Wildman–Crippen LogP) is 3.53. The summed E-state index contributed by atoms with van der Waals surface area (Å²) < 4.78 is 32.1. The summed E-state index contributed by atoms with van der Waals surface area (Å²) in [4.78, 5) is 12.5. The summed E-state index contributed by atoms with van der Waals surface area (Å²) in [5.41, 5.74) is 0.506. The third-order valence-electron chi connectivity index (χ3n) is 4.32. The lowest BCUT2D eigenvalue weighted by molar-refractivity contribution is -0.122. The van der Waals surface area contributed by atoms with Gasteiger partial charge in [0.2, 0.25) is 10.0 Å². The van der Waals surface area contributed by atoms with Crippen molar-refractivity contribution in [1.29, 1.82) is 0 Å². The summed E-state index contributed by atoms with van der Waals surface area (Å²) in [6, 6.07) is 12.9. The maximum absolute atomic E-state index is 12.5. The van der Waals surface area contributed by atoms with E-state index in [0.29, 0.717) is 29.5 Å². The summed E-state index contributed by atoms with van der Waals surface area (Å²) >= 11 is 5.82. The van der Waals surface area contributed by atoms with E-state index in [1.54, 1.807) is 43.3 Å². The normalized spacial score (nSPS) is 16.1. The van der Waals surface area contributed by atoms with Gasteiger partial charge < -0.3 is 10.1 Å². The number of carbonyl (C=O) groups is 1. The monoisotopic (exact) mass is 408 g/mol. The van der Waals surface area contributed by atoms with Crippen molar-refractivity contribution in [2.24, 2.45) is 0 Å². The summed E-state index contributed by atoms with van der Waals surface area (Å²) in [6.07, 6.45) is 1.05. The SMILES string of the molecule is C[C@H](Oc1ccc(Cl)cc1)C(=O)Nc1ccc(S(=O)(=O)N2CCCC2)cc1. The summed E-state index contributed by atoms with van der Waals surface area (Å²) in [5.74, 6) is 0.203. The van der Waals surface area contributed by atoms with Crippen molar-refractivity contribution in [2.45, 2.75) is 30.8 Å². The highest BCUT2D eigenvalue weighted by Crippen LogP contribution is 2.22. The highest BCUT2D eigenvalue weighted by atomic mass is 35.5. The van der Waals surface area contributed by atoms with E-state index >= 15 is 0 Å². The van der Waals surface area contributed by atoms with Crippen LogP contribution in [0.3, 0.4) is 0 Å². The molecule has 0 unspecified atom stereocenters. The minimum atomic E-state index is -3.46. The Morgan fingerprint density at radius 1 is 1.07 bits per heavy atom. The lowest BCUT2D eigenvalue weighted by atomic mass is 10.3. The molecule has 0 aromatic heterocycles. The first-order chi connectivity index (χ1) is 12.9. The van der Waals surface area contributed by atoms with E-state index in [2.05, 4.69) is 5.32 Å². The fourth-order valence-corrected chi connectivity index (χ4v) is 4.45. The second kappa shape index (κ2) is 8.29. The molecule has 2 aromatic carbocycles. The largest absolute Gasteiger partial charge is 0.481 e. The molecule has 0 saturated carbocycles. The van der Waals surface area contributed by atoms with Crippen LogP contribution in [0, 0.1) is 0 Å². The number of hydrogen-bond acceptors (Lipinski definition) is 4. The highest BCUT2D eigenvalue weighted by molar-refractivity contribution is 7.89. The first kappa shape index (κ1) is 19.7. The first-order valence-electron chi connectivity index (χ1n) is 8.69. The van der Waals surface area contributed by atoms with Gasteiger partial charge in [-0.25, -0.2) is 8.42 Å². The van der Waals surface area contributed by atoms with E-state index in [0.717, 1.165) is 12.8 Å². The van der Waals surface area contributed by atoms with Crippen molar-refractivity contribution < 1.29 is 17.9 Å². The van der Waals surface area contributed by atoms with Crippen molar-refractivity contribution in [3.05, 3.63) is 53.6 Å². The maximum atomic E-state index is 12.5. The second-order valence-electron chi connectivity index (χ2n) is 6.34. The van der Waals surface area contributed by atoms with Crippen molar-refractivity contribution in [1.82, 2.24) is 4.31 Å². The van der Waals surface area contributed by atoms with Crippen molar-refractivity contribution in [2.75, 3.05) is 18.4 Å². The molecule has 144 valence electrons. The van der Waals surface area contributed by atoms with Gasteiger partial charge in [0.1, 0.15) is 5.75 Å². The Kier molecular flexibility index (Phi) is 6.04. The minimum Gasteiger partial charge on any atom is -0.481 e. The molecule has 6 nitrogen and oxygen atoms in total. The number of sulfonamides is 1. The van der Waals surface area contributed by atoms with E-state index in [9.17, 15) is 13.2 Å². The number of rotatable bonds is 6. The molecule has 0 bridgehead atoms. The number of carbonyl (C=O) groups excluding carboxylic acids is 1. The summed E-state index contributed by atoms with van der Waals surface area (Å²) in [6.45, 7) is 2.75. The fraction of sp³-hybridized carbons (Fsp3) is 0.316. The molecule has 1 amide bonds. The van der Waals surface area contributed by atoms with E-state index in [1.165, 1.54) is 16.4 Å². The third kappa shape index (κ3) is 4.80. The van der Waals surface area contributed by atoms with Crippen LogP contribution in [0.15, 0.2) is 53.4 Å². The quantitative estimate of drug-likeness (QED) is 0.793. The number of halogens is 1. The summed E-state index contributed by atoms with van der Waals surface area (Å²) in [5, 5.41) is 3.31. The molecular formula is C19H21ClN2O4S. The van der Waals surface area contributed by atoms with Crippen LogP contribution in [0.4, 0.5) is 5.69 Å². The molecule has 0 radical (unpaired) electrons. The van der Waals surface area contributed by atoms with Gasteiger partial charge in [-0.3, -0.25) is 4.79 Å². The van der Waals surface area contributed by atoms with Gasteiger partial charge in [0.05, 0.1) is 4.90 Å². The standard InChI is InChI=1S/C19H21ClN2O4S/c1-14(26-17-8-4-15(20)5-9-17)19(23)21-16-6-10-18(11-7-16)27(24,25)22-12-2-3-13-22/h4-11,14H,2-3,12-13H2,1H3,(H,21,23)/t14-/m0/s1. The smallest absolute Gasteiger partial charge is 0.265 e. The lowest BCUT2D eigenvalue weighted by Crippen LogP contribution is -2.30. The summed E-state index contributed by atoms with van der Waals surface area (Å²) in [7, 11) is -3.46. The molecule has 1 atom stereocenters. The maximum Gasteiger partial charge on any atom is 0.265 e. The van der Waals surface area contributed by atoms with Crippen LogP contribution in [0.25, 0.3) is 0 Å². The van der Waals surface area contributed by atoms with Gasteiger partial charge in [0.15, 0.2) is 6.10 Å². The molecule has 0 aliphatic carbocycles. The molecule has 1 fully saturated rings. The van der Waals surface area contributed by atoms with Crippen LogP contribution in [0.5, 0.6) is 5.75 Å². The van der Waals surface area contributed by atoms with Crippen molar-refractivity contribution >= 4 is 33.2 Å². The predicted molar refractivity (Wildman–Crippen MR) is 105 cm³/mol. The first-order valence-corrected chi connectivity index (χ1v) is 10.5. The molecule has 1 saturated heterocycles. The fourth-order valence-electron chi connectivity index (χ4n) is 2.80. The number of benzene rings is 2. The minimum absolute atomic E-state index is 0.230. The molecule has 8 heteroatoms. The molecule has 1 heterocycles. The Morgan fingerprint density at radius 3 is 2.26 bits per heavy atom. The second-order valence-corrected chi connectivity index (χ2v) is 8.71. The van der Waals surface area contributed by atoms with Crippen LogP contribution in [-0.2, 0) is 14.8 Å². The van der Waals surface area contributed by atoms with Gasteiger partial charge in [-0.15, -0.1) is 0 Å². The Hall–Kier alpha value is -2.09. The van der Waals surface area contributed by atoms with Gasteiger partial charge >= 0.3 is 0 Å². The average Bonchev–Trinajstić information content (AvgIpc) is 3.19. The van der Waals surface area contributed by atoms with Gasteiger partial charge in [-0.05, 0) is 68.3 Å². The van der Waals surface area contributed by atoms with Crippen LogP contribution in [0.1, 0.15) is 19.8 Å². The molecule has 27 heavy (non-hydrogen) atoms. The van der Waals surface area contributed by atoms with Crippen LogP contribution < -0.4 is 10.1 Å². The van der Waals surface area contributed by atoms with Crippen molar-refractivity contribution in [3.8, 4) is 5.75 Å². The third-order valence-corrected chi connectivity index (χ3v) is 6.49. The van der Waals surface area contributed by atoms with Crippen LogP contribution >= 0.6 is 11.6 Å². The molecule has 0 spiro atoms. The molecule has 1 N–H and O–H groups in total. The van der Waals surface area contributed by atoms with Gasteiger partial charge in [-0.1, -0.05) is 11.6 Å². The zero-order valence-electron chi connectivity index (χ0n) is 14.9. The number of anilines is 1. The van der Waals surface area contributed by atoms with E-state index in [-0.39, 0.29) is 10.8 Å². The number of ether oxygens (including phenoxy) is 1. The zero-order valence-corrected chi connectivity index (χ0v) is 16.5. The van der Waals surface area contributed by atoms with Gasteiger partial charge in [0, 0.05) is 23.8 Å². The van der Waals surface area contributed by atoms with E-state index < -0.39 is 16.1 Å². The van der Waals surface area contributed by atoms with E-state index in [4.69, 9.17) is 16.3 Å². The highest BCUT2D eigenvalue weighted by Gasteiger charge is 2.27. The Balaban J connectivity index is 1.61.